The number of nitrogens with zero attached hydrogens (tertiary/aromatic N) is 1. The molecule has 0 bridgehead atoms. The summed E-state index contributed by atoms with van der Waals surface area (Å²) >= 11 is 0. The first kappa shape index (κ1) is 38.9. The van der Waals surface area contributed by atoms with Gasteiger partial charge in [-0.3, -0.25) is 29.0 Å². The number of hydrogen-bond acceptors (Lipinski definition) is 10. The van der Waals surface area contributed by atoms with E-state index in [9.17, 15) is 32.4 Å². The second-order valence-electron chi connectivity index (χ2n) is 14.0. The van der Waals surface area contributed by atoms with Gasteiger partial charge in [0.1, 0.15) is 4.90 Å². The number of nitrogens with one attached hydrogen (secondary N) is 3. The van der Waals surface area contributed by atoms with Crippen molar-refractivity contribution in [3.63, 3.8) is 0 Å². The second-order valence-corrected chi connectivity index (χ2v) is 15.7. The number of Topliss-reactive ketones (excluding diaryl/α,β-unsaturated/α-hetero) is 3. The Morgan fingerprint density at radius 1 is 1.00 bits per heavy atom. The molecule has 1 amide bonds. The quantitative estimate of drug-likeness (QED) is 0.0516. The molecule has 1 heterocycles. The molecule has 5 atom stereocenters. The molecule has 2 fully saturated rings. The van der Waals surface area contributed by atoms with Crippen molar-refractivity contribution in [3.05, 3.63) is 23.8 Å². The van der Waals surface area contributed by atoms with Crippen LogP contribution in [0.15, 0.2) is 28.1 Å². The molecule has 4 rings (SSSR count). The first-order valence-electron chi connectivity index (χ1n) is 17.8. The third-order valence-corrected chi connectivity index (χ3v) is 11.3. The Morgan fingerprint density at radius 2 is 1.74 bits per heavy atom. The van der Waals surface area contributed by atoms with Crippen LogP contribution < -0.4 is 26.8 Å². The number of ether oxygens (including phenoxy) is 1. The molecular formula is C35H52N6O8S. The molecule has 276 valence electrons. The zero-order chi connectivity index (χ0) is 36.4. The molecule has 2 aliphatic carbocycles. The average molecular weight is 717 g/mol. The molecule has 0 aromatic heterocycles. The topological polar surface area (TPSA) is 229 Å². The highest BCUT2D eigenvalue weighted by Gasteiger charge is 2.42. The van der Waals surface area contributed by atoms with Gasteiger partial charge in [-0.05, 0) is 74.8 Å². The number of benzene rings is 1. The highest BCUT2D eigenvalue weighted by Crippen LogP contribution is 2.36. The average Bonchev–Trinajstić information content (AvgIpc) is 3.38. The van der Waals surface area contributed by atoms with E-state index in [1.54, 1.807) is 6.07 Å². The van der Waals surface area contributed by atoms with Crippen LogP contribution in [0.25, 0.3) is 0 Å². The lowest BCUT2D eigenvalue weighted by Crippen LogP contribution is -2.49. The van der Waals surface area contributed by atoms with Crippen molar-refractivity contribution in [1.82, 2.24) is 10.0 Å². The molecule has 7 N–H and O–H groups in total. The molecule has 3 aliphatic rings. The fourth-order valence-electron chi connectivity index (χ4n) is 7.10. The van der Waals surface area contributed by atoms with Gasteiger partial charge in [-0.2, -0.15) is 0 Å². The lowest BCUT2D eigenvalue weighted by atomic mass is 9.71. The van der Waals surface area contributed by atoms with Gasteiger partial charge in [0.25, 0.3) is 0 Å². The largest absolute Gasteiger partial charge is 0.446 e. The highest BCUT2D eigenvalue weighted by atomic mass is 32.2. The number of hydrogen-bond donors (Lipinski definition) is 5. The summed E-state index contributed by atoms with van der Waals surface area (Å²) in [6.45, 7) is 5.31. The van der Waals surface area contributed by atoms with Crippen LogP contribution in [0.4, 0.5) is 5.69 Å². The minimum atomic E-state index is -4.13. The van der Waals surface area contributed by atoms with Gasteiger partial charge < -0.3 is 26.8 Å². The van der Waals surface area contributed by atoms with Gasteiger partial charge in [-0.15, -0.1) is 0 Å². The normalized spacial score (nSPS) is 23.0. The number of carbonyl (C=O) groups excluding carboxylic acids is 5. The van der Waals surface area contributed by atoms with Crippen molar-refractivity contribution < 1.29 is 37.1 Å². The number of nitrogens with two attached hydrogens (primary N) is 2. The summed E-state index contributed by atoms with van der Waals surface area (Å²) in [6.07, 6.45) is 3.55. The molecule has 2 saturated carbocycles. The Bertz CT molecular complexity index is 1540. The summed E-state index contributed by atoms with van der Waals surface area (Å²) in [5, 5.41) is 6.19. The lowest BCUT2D eigenvalue weighted by molar-refractivity contribution is -0.157. The van der Waals surface area contributed by atoms with Gasteiger partial charge in [0.05, 0.1) is 11.7 Å². The van der Waals surface area contributed by atoms with Crippen molar-refractivity contribution in [3.8, 4) is 0 Å². The zero-order valence-corrected chi connectivity index (χ0v) is 29.9. The number of unbranched alkanes of at least 4 members (excludes halogenated alkanes) is 2. The molecule has 0 saturated heterocycles. The maximum atomic E-state index is 14.2. The molecule has 5 unspecified atom stereocenters. The van der Waals surface area contributed by atoms with Gasteiger partial charge in [-0.25, -0.2) is 13.1 Å². The van der Waals surface area contributed by atoms with Crippen molar-refractivity contribution >= 4 is 50.9 Å². The van der Waals surface area contributed by atoms with Crippen molar-refractivity contribution in [2.24, 2.45) is 40.1 Å². The Kier molecular flexibility index (Phi) is 13.9. The Morgan fingerprint density at radius 3 is 2.46 bits per heavy atom. The van der Waals surface area contributed by atoms with Crippen LogP contribution >= 0.6 is 0 Å². The summed E-state index contributed by atoms with van der Waals surface area (Å²) in [7, 11) is -4.13. The van der Waals surface area contributed by atoms with E-state index in [4.69, 9.17) is 16.2 Å². The Hall–Kier alpha value is -3.85. The summed E-state index contributed by atoms with van der Waals surface area (Å²) in [6, 6.07) is 4.05. The van der Waals surface area contributed by atoms with Crippen LogP contribution in [0.2, 0.25) is 0 Å². The van der Waals surface area contributed by atoms with E-state index in [-0.39, 0.29) is 72.3 Å². The number of guanidine groups is 1. The maximum Gasteiger partial charge on any atom is 0.306 e. The summed E-state index contributed by atoms with van der Waals surface area (Å²) < 4.78 is 35.5. The molecule has 0 radical (unpaired) electrons. The first-order chi connectivity index (χ1) is 23.8. The molecule has 14 nitrogen and oxygen atoms in total. The number of amides is 1. The third kappa shape index (κ3) is 10.6. The minimum Gasteiger partial charge on any atom is -0.446 e. The van der Waals surface area contributed by atoms with Gasteiger partial charge in [0.15, 0.2) is 23.3 Å². The van der Waals surface area contributed by atoms with Crippen LogP contribution in [-0.2, 0) is 45.2 Å². The number of sulfonamides is 1. The lowest BCUT2D eigenvalue weighted by Gasteiger charge is -2.35. The van der Waals surface area contributed by atoms with Crippen molar-refractivity contribution in [1.29, 1.82) is 0 Å². The fraction of sp³-hybridized carbons (Fsp3) is 0.657. The number of rotatable bonds is 17. The van der Waals surface area contributed by atoms with E-state index in [2.05, 4.69) is 27.3 Å². The predicted molar refractivity (Wildman–Crippen MR) is 187 cm³/mol. The first-order valence-corrected chi connectivity index (χ1v) is 19.2. The van der Waals surface area contributed by atoms with E-state index in [0.29, 0.717) is 63.2 Å². The zero-order valence-electron chi connectivity index (χ0n) is 29.1. The predicted octanol–water partition coefficient (Wildman–Crippen LogP) is 2.13. The summed E-state index contributed by atoms with van der Waals surface area (Å²) in [5.74, 6) is -2.75. The molecular weight excluding hydrogens is 664 g/mol. The standard InChI is InChI=1S/C35H52N6O8S/c1-21-12-13-24(25(19-21)34(46)38-16-5-3-4-11-30(44)49-33-27(42)14-15-28(33)43)32(45)26(9-7-17-39-35(36)37)41-50(47,48)29-10-6-8-23-18-22(2)20-40-31(23)29/h6,8,10,21-22,24-26,33,40-41H,3-5,7,9,11-20H2,1-2H3,(H,38,46)(H4,36,37,39). The third-order valence-electron chi connectivity index (χ3n) is 9.81. The summed E-state index contributed by atoms with van der Waals surface area (Å²) in [4.78, 5) is 67.3. The minimum absolute atomic E-state index is 0.0587. The second kappa shape index (κ2) is 17.9. The van der Waals surface area contributed by atoms with E-state index < -0.39 is 40.0 Å². The van der Waals surface area contributed by atoms with Gasteiger partial charge in [0.2, 0.25) is 22.0 Å². The van der Waals surface area contributed by atoms with E-state index >= 15 is 0 Å². The van der Waals surface area contributed by atoms with E-state index in [1.165, 1.54) is 6.07 Å². The number of anilines is 1. The number of fused-ring (bicyclic) bond motifs is 1. The molecule has 0 spiro atoms. The van der Waals surface area contributed by atoms with Gasteiger partial charge in [0, 0.05) is 50.7 Å². The van der Waals surface area contributed by atoms with Crippen molar-refractivity contribution in [2.75, 3.05) is 25.0 Å². The van der Waals surface area contributed by atoms with Gasteiger partial charge in [-0.1, -0.05) is 32.4 Å². The van der Waals surface area contributed by atoms with E-state index in [0.717, 1.165) is 18.4 Å². The van der Waals surface area contributed by atoms with Gasteiger partial charge >= 0.3 is 5.97 Å². The van der Waals surface area contributed by atoms with Crippen LogP contribution in [0.1, 0.15) is 90.0 Å². The number of aliphatic imine (C=N–C) groups is 1. The smallest absolute Gasteiger partial charge is 0.306 e. The van der Waals surface area contributed by atoms with Crippen molar-refractivity contribution in [2.45, 2.75) is 108 Å². The molecule has 1 aromatic rings. The van der Waals surface area contributed by atoms with Crippen LogP contribution in [0, 0.1) is 23.7 Å². The molecule has 1 aliphatic heterocycles. The summed E-state index contributed by atoms with van der Waals surface area (Å²) in [5.41, 5.74) is 12.4. The SMILES string of the molecule is CC1CNc2c(cccc2S(=O)(=O)NC(CCCN=C(N)N)C(=O)C2CCC(C)CC2C(=O)NCCCCCC(=O)OC2C(=O)CCC2=O)C1. The molecule has 15 heteroatoms. The monoisotopic (exact) mass is 716 g/mol. The van der Waals surface area contributed by atoms with Crippen LogP contribution in [-0.4, -0.2) is 75.4 Å². The van der Waals surface area contributed by atoms with E-state index in [1.807, 2.05) is 13.0 Å². The number of esters is 1. The van der Waals surface area contributed by atoms with Crippen LogP contribution in [0.5, 0.6) is 0 Å². The number of carbonyl (C=O) groups is 5. The Labute approximate surface area is 294 Å². The van der Waals surface area contributed by atoms with Crippen LogP contribution in [0.3, 0.4) is 0 Å². The number of ketones is 3. The maximum absolute atomic E-state index is 14.2. The highest BCUT2D eigenvalue weighted by molar-refractivity contribution is 7.89. The molecule has 50 heavy (non-hydrogen) atoms. The number of para-hydroxylation sites is 1. The Balaban J connectivity index is 1.38. The fourth-order valence-corrected chi connectivity index (χ4v) is 8.57. The molecule has 1 aromatic carbocycles.